The summed E-state index contributed by atoms with van der Waals surface area (Å²) >= 11 is 0. The molecule has 3 aromatic rings. The fraction of sp³-hybridized carbons (Fsp3) is 0.158. The standard InChI is InChI=1S/C19H18N4O/c1-3-13-20-19(24)22-17(14-9-5-4-6-10-14)18-21-15-11-7-8-12-16(15)23(18)2/h1,4-12,17H,13H2,2H3,(H2,20,22,24). The Morgan fingerprint density at radius 3 is 2.62 bits per heavy atom. The number of carbonyl (C=O) groups excluding carboxylic acids is 1. The predicted molar refractivity (Wildman–Crippen MR) is 94.4 cm³/mol. The summed E-state index contributed by atoms with van der Waals surface area (Å²) in [5.74, 6) is 3.15. The molecule has 0 fully saturated rings. The van der Waals surface area contributed by atoms with Crippen LogP contribution in [0.15, 0.2) is 54.6 Å². The van der Waals surface area contributed by atoms with Crippen molar-refractivity contribution in [2.45, 2.75) is 6.04 Å². The maximum atomic E-state index is 12.1. The van der Waals surface area contributed by atoms with Crippen LogP contribution < -0.4 is 10.6 Å². The lowest BCUT2D eigenvalue weighted by Gasteiger charge is -2.19. The lowest BCUT2D eigenvalue weighted by molar-refractivity contribution is 0.239. The zero-order valence-corrected chi connectivity index (χ0v) is 13.4. The zero-order chi connectivity index (χ0) is 16.9. The minimum absolute atomic E-state index is 0.176. The second-order valence-corrected chi connectivity index (χ2v) is 5.39. The highest BCUT2D eigenvalue weighted by atomic mass is 16.2. The van der Waals surface area contributed by atoms with Gasteiger partial charge in [-0.15, -0.1) is 6.42 Å². The van der Waals surface area contributed by atoms with Gasteiger partial charge in [0.1, 0.15) is 11.9 Å². The number of terminal acetylenes is 1. The molecule has 5 nitrogen and oxygen atoms in total. The van der Waals surface area contributed by atoms with Gasteiger partial charge in [-0.3, -0.25) is 0 Å². The predicted octanol–water partition coefficient (Wildman–Crippen LogP) is 2.60. The smallest absolute Gasteiger partial charge is 0.316 e. The summed E-state index contributed by atoms with van der Waals surface area (Å²) in [5, 5.41) is 5.59. The summed E-state index contributed by atoms with van der Waals surface area (Å²) in [4.78, 5) is 16.8. The molecule has 0 radical (unpaired) electrons. The summed E-state index contributed by atoms with van der Waals surface area (Å²) in [5.41, 5.74) is 2.85. The van der Waals surface area contributed by atoms with E-state index in [2.05, 4.69) is 16.6 Å². The van der Waals surface area contributed by atoms with Gasteiger partial charge in [-0.1, -0.05) is 48.4 Å². The molecular weight excluding hydrogens is 300 g/mol. The van der Waals surface area contributed by atoms with Crippen LogP contribution in [0.3, 0.4) is 0 Å². The van der Waals surface area contributed by atoms with E-state index in [4.69, 9.17) is 11.4 Å². The minimum Gasteiger partial charge on any atom is -0.329 e. The van der Waals surface area contributed by atoms with Crippen LogP contribution >= 0.6 is 0 Å². The molecule has 0 spiro atoms. The highest BCUT2D eigenvalue weighted by Gasteiger charge is 2.22. The molecule has 2 N–H and O–H groups in total. The summed E-state index contributed by atoms with van der Waals surface area (Å²) in [6.07, 6.45) is 5.20. The maximum Gasteiger partial charge on any atom is 0.316 e. The van der Waals surface area contributed by atoms with Crippen LogP contribution in [0.25, 0.3) is 11.0 Å². The Bertz CT molecular complexity index is 893. The SMILES string of the molecule is C#CCNC(=O)NC(c1ccccc1)c1nc2ccccc2n1C. The number of benzene rings is 2. The molecule has 1 aromatic heterocycles. The zero-order valence-electron chi connectivity index (χ0n) is 13.4. The Hall–Kier alpha value is -3.26. The normalized spacial score (nSPS) is 11.7. The van der Waals surface area contributed by atoms with E-state index in [1.54, 1.807) is 0 Å². The van der Waals surface area contributed by atoms with Crippen LogP contribution in [0.4, 0.5) is 4.79 Å². The fourth-order valence-corrected chi connectivity index (χ4v) is 2.68. The highest BCUT2D eigenvalue weighted by Crippen LogP contribution is 2.24. The number of aromatic nitrogens is 2. The Morgan fingerprint density at radius 1 is 1.21 bits per heavy atom. The Balaban J connectivity index is 2.02. The molecule has 0 aliphatic carbocycles. The molecule has 2 amide bonds. The van der Waals surface area contributed by atoms with E-state index >= 15 is 0 Å². The molecule has 0 aliphatic heterocycles. The van der Waals surface area contributed by atoms with E-state index in [0.717, 1.165) is 22.4 Å². The molecule has 2 aromatic carbocycles. The first-order chi connectivity index (χ1) is 11.7. The van der Waals surface area contributed by atoms with Crippen molar-refractivity contribution in [3.05, 3.63) is 66.0 Å². The van der Waals surface area contributed by atoms with E-state index in [9.17, 15) is 4.79 Å². The third-order valence-electron chi connectivity index (χ3n) is 3.84. The van der Waals surface area contributed by atoms with Gasteiger partial charge in [-0.2, -0.15) is 0 Å². The molecule has 1 heterocycles. The summed E-state index contributed by atoms with van der Waals surface area (Å²) in [6.45, 7) is 0.176. The van der Waals surface area contributed by atoms with Crippen molar-refractivity contribution in [3.8, 4) is 12.3 Å². The van der Waals surface area contributed by atoms with Crippen LogP contribution in [0.1, 0.15) is 17.4 Å². The van der Waals surface area contributed by atoms with Gasteiger partial charge in [0.05, 0.1) is 17.6 Å². The number of fused-ring (bicyclic) bond motifs is 1. The maximum absolute atomic E-state index is 12.1. The van der Waals surface area contributed by atoms with Crippen LogP contribution in [-0.2, 0) is 7.05 Å². The van der Waals surface area contributed by atoms with E-state index in [0.29, 0.717) is 0 Å². The average Bonchev–Trinajstić information content (AvgIpc) is 2.95. The van der Waals surface area contributed by atoms with Crippen LogP contribution in [0, 0.1) is 12.3 Å². The van der Waals surface area contributed by atoms with Crippen molar-refractivity contribution >= 4 is 17.1 Å². The molecule has 1 unspecified atom stereocenters. The number of carbonyl (C=O) groups is 1. The van der Waals surface area contributed by atoms with E-state index in [-0.39, 0.29) is 18.6 Å². The third-order valence-corrected chi connectivity index (χ3v) is 3.84. The Labute approximate surface area is 140 Å². The van der Waals surface area contributed by atoms with Gasteiger partial charge in [0.25, 0.3) is 0 Å². The number of aryl methyl sites for hydroxylation is 1. The van der Waals surface area contributed by atoms with Crippen molar-refractivity contribution in [3.63, 3.8) is 0 Å². The number of rotatable bonds is 4. The van der Waals surface area contributed by atoms with E-state index < -0.39 is 0 Å². The third kappa shape index (κ3) is 3.08. The number of hydrogen-bond donors (Lipinski definition) is 2. The molecule has 0 bridgehead atoms. The summed E-state index contributed by atoms with van der Waals surface area (Å²) in [7, 11) is 1.95. The van der Waals surface area contributed by atoms with Gasteiger partial charge in [0, 0.05) is 7.05 Å². The van der Waals surface area contributed by atoms with Crippen molar-refractivity contribution < 1.29 is 4.79 Å². The van der Waals surface area contributed by atoms with E-state index in [1.807, 2.05) is 66.2 Å². The second-order valence-electron chi connectivity index (χ2n) is 5.39. The molecule has 1 atom stereocenters. The monoisotopic (exact) mass is 318 g/mol. The fourth-order valence-electron chi connectivity index (χ4n) is 2.68. The topological polar surface area (TPSA) is 59.0 Å². The quantitative estimate of drug-likeness (QED) is 0.727. The Morgan fingerprint density at radius 2 is 1.92 bits per heavy atom. The Kier molecular flexibility index (Phi) is 4.48. The van der Waals surface area contributed by atoms with Gasteiger partial charge in [-0.25, -0.2) is 9.78 Å². The number of amides is 2. The van der Waals surface area contributed by atoms with Crippen LogP contribution in [0.2, 0.25) is 0 Å². The molecular formula is C19H18N4O. The van der Waals surface area contributed by atoms with Gasteiger partial charge < -0.3 is 15.2 Å². The first-order valence-electron chi connectivity index (χ1n) is 7.65. The van der Waals surface area contributed by atoms with Crippen LogP contribution in [0.5, 0.6) is 0 Å². The summed E-state index contributed by atoms with van der Waals surface area (Å²) in [6, 6.07) is 16.9. The number of para-hydroxylation sites is 2. The number of hydrogen-bond acceptors (Lipinski definition) is 2. The number of nitrogens with one attached hydrogen (secondary N) is 2. The molecule has 0 saturated heterocycles. The lowest BCUT2D eigenvalue weighted by atomic mass is 10.1. The molecule has 3 rings (SSSR count). The second kappa shape index (κ2) is 6.88. The van der Waals surface area contributed by atoms with Crippen molar-refractivity contribution in [2.24, 2.45) is 7.05 Å². The molecule has 0 saturated carbocycles. The van der Waals surface area contributed by atoms with Gasteiger partial charge in [0.15, 0.2) is 0 Å². The van der Waals surface area contributed by atoms with Crippen molar-refractivity contribution in [1.82, 2.24) is 20.2 Å². The highest BCUT2D eigenvalue weighted by molar-refractivity contribution is 5.77. The van der Waals surface area contributed by atoms with Crippen molar-refractivity contribution in [1.29, 1.82) is 0 Å². The number of nitrogens with zero attached hydrogens (tertiary/aromatic N) is 2. The minimum atomic E-state index is -0.374. The van der Waals surface area contributed by atoms with Crippen molar-refractivity contribution in [2.75, 3.05) is 6.54 Å². The largest absolute Gasteiger partial charge is 0.329 e. The molecule has 24 heavy (non-hydrogen) atoms. The lowest BCUT2D eigenvalue weighted by Crippen LogP contribution is -2.39. The molecule has 0 aliphatic rings. The molecule has 5 heteroatoms. The first-order valence-corrected chi connectivity index (χ1v) is 7.65. The summed E-state index contributed by atoms with van der Waals surface area (Å²) < 4.78 is 1.99. The molecule has 120 valence electrons. The van der Waals surface area contributed by atoms with E-state index in [1.165, 1.54) is 0 Å². The average molecular weight is 318 g/mol. The number of urea groups is 1. The van der Waals surface area contributed by atoms with Gasteiger partial charge in [-0.05, 0) is 17.7 Å². The van der Waals surface area contributed by atoms with Gasteiger partial charge >= 0.3 is 6.03 Å². The number of imidazole rings is 1. The van der Waals surface area contributed by atoms with Crippen LogP contribution in [-0.4, -0.2) is 22.1 Å². The van der Waals surface area contributed by atoms with Gasteiger partial charge in [0.2, 0.25) is 0 Å². The first kappa shape index (κ1) is 15.6.